The molecule has 0 atom stereocenters. The average molecular weight is 364 g/mol. The van der Waals surface area contributed by atoms with Crippen LogP contribution >= 0.6 is 0 Å². The van der Waals surface area contributed by atoms with Crippen LogP contribution in [0.1, 0.15) is 42.4 Å². The minimum atomic E-state index is 0.129. The Hall–Kier alpha value is -2.82. The predicted molar refractivity (Wildman–Crippen MR) is 112 cm³/mol. The molecule has 1 fully saturated rings. The van der Waals surface area contributed by atoms with Gasteiger partial charge >= 0.3 is 0 Å². The van der Waals surface area contributed by atoms with Crippen molar-refractivity contribution in [3.63, 3.8) is 0 Å². The lowest BCUT2D eigenvalue weighted by atomic mass is 10.1. The van der Waals surface area contributed by atoms with Crippen molar-refractivity contribution in [3.05, 3.63) is 59.2 Å². The second kappa shape index (κ2) is 8.71. The third-order valence-corrected chi connectivity index (χ3v) is 5.13. The second-order valence-electron chi connectivity index (χ2n) is 7.30. The smallest absolute Gasteiger partial charge is 0.227 e. The average Bonchev–Trinajstić information content (AvgIpc) is 3.18. The molecule has 2 aromatic carbocycles. The van der Waals surface area contributed by atoms with Gasteiger partial charge in [0.15, 0.2) is 5.96 Å². The van der Waals surface area contributed by atoms with Gasteiger partial charge in [-0.15, -0.1) is 0 Å². The monoisotopic (exact) mass is 364 g/mol. The molecule has 0 radical (unpaired) electrons. The van der Waals surface area contributed by atoms with Crippen molar-refractivity contribution in [2.45, 2.75) is 46.1 Å². The van der Waals surface area contributed by atoms with Gasteiger partial charge in [0.1, 0.15) is 0 Å². The number of hydrogen-bond donors (Lipinski definition) is 3. The summed E-state index contributed by atoms with van der Waals surface area (Å²) in [7, 11) is 0. The number of nitrogens with two attached hydrogens (primary N) is 1. The van der Waals surface area contributed by atoms with Gasteiger partial charge in [0.05, 0.1) is 6.54 Å². The Morgan fingerprint density at radius 2 is 1.78 bits per heavy atom. The summed E-state index contributed by atoms with van der Waals surface area (Å²) in [6.45, 7) is 4.60. The van der Waals surface area contributed by atoms with Gasteiger partial charge in [-0.05, 0) is 67.6 Å². The van der Waals surface area contributed by atoms with E-state index in [2.05, 4.69) is 41.6 Å². The Balaban J connectivity index is 1.58. The largest absolute Gasteiger partial charge is 0.370 e. The van der Waals surface area contributed by atoms with Gasteiger partial charge in [-0.1, -0.05) is 31.0 Å². The fourth-order valence-electron chi connectivity index (χ4n) is 3.36. The zero-order chi connectivity index (χ0) is 19.2. The van der Waals surface area contributed by atoms with Crippen molar-refractivity contribution in [2.75, 3.05) is 10.6 Å². The summed E-state index contributed by atoms with van der Waals surface area (Å²) in [6.07, 6.45) is 4.30. The van der Waals surface area contributed by atoms with Gasteiger partial charge in [0, 0.05) is 17.3 Å². The standard InChI is InChI=1S/C22H28N4O/c1-15-10-11-20(12-16(15)2)26-22(23)24-14-17-6-5-9-19(13-17)25-21(27)18-7-3-4-8-18/h5-6,9-13,18H,3-4,7-8,14H2,1-2H3,(H,25,27)(H3,23,24,26). The number of nitrogens with one attached hydrogen (secondary N) is 2. The molecular formula is C22H28N4O. The third kappa shape index (κ3) is 5.33. The maximum Gasteiger partial charge on any atom is 0.227 e. The number of guanidine groups is 1. The number of nitrogens with zero attached hydrogens (tertiary/aromatic N) is 1. The molecule has 1 amide bonds. The lowest BCUT2D eigenvalue weighted by Gasteiger charge is -2.11. The molecule has 0 bridgehead atoms. The van der Waals surface area contributed by atoms with Crippen LogP contribution < -0.4 is 16.4 Å². The van der Waals surface area contributed by atoms with Crippen LogP contribution in [0.5, 0.6) is 0 Å². The normalized spacial score (nSPS) is 15.0. The van der Waals surface area contributed by atoms with Gasteiger partial charge in [-0.3, -0.25) is 4.79 Å². The van der Waals surface area contributed by atoms with E-state index in [1.165, 1.54) is 11.1 Å². The summed E-state index contributed by atoms with van der Waals surface area (Å²) in [5.41, 5.74) is 11.2. The van der Waals surface area contributed by atoms with Crippen LogP contribution in [0.15, 0.2) is 47.5 Å². The molecule has 1 saturated carbocycles. The molecule has 0 aromatic heterocycles. The molecule has 0 heterocycles. The maximum atomic E-state index is 12.3. The van der Waals surface area contributed by atoms with Crippen LogP contribution in [-0.2, 0) is 11.3 Å². The number of benzene rings is 2. The number of hydrogen-bond acceptors (Lipinski definition) is 2. The van der Waals surface area contributed by atoms with E-state index in [0.29, 0.717) is 12.5 Å². The van der Waals surface area contributed by atoms with Crippen molar-refractivity contribution in [1.82, 2.24) is 0 Å². The van der Waals surface area contributed by atoms with Crippen molar-refractivity contribution in [2.24, 2.45) is 16.6 Å². The number of aliphatic imine (C=N–C) groups is 1. The quantitative estimate of drug-likeness (QED) is 0.545. The highest BCUT2D eigenvalue weighted by Crippen LogP contribution is 2.26. The SMILES string of the molecule is Cc1ccc(NC(N)=NCc2cccc(NC(=O)C3CCCC3)c2)cc1C. The van der Waals surface area contributed by atoms with Crippen LogP contribution in [-0.4, -0.2) is 11.9 Å². The van der Waals surface area contributed by atoms with E-state index in [4.69, 9.17) is 5.73 Å². The fourth-order valence-corrected chi connectivity index (χ4v) is 3.36. The van der Waals surface area contributed by atoms with E-state index in [1.807, 2.05) is 30.3 Å². The van der Waals surface area contributed by atoms with Gasteiger partial charge < -0.3 is 16.4 Å². The molecule has 2 aromatic rings. The molecule has 5 heteroatoms. The number of carbonyl (C=O) groups is 1. The van der Waals surface area contributed by atoms with E-state index in [9.17, 15) is 4.79 Å². The van der Waals surface area contributed by atoms with Crippen molar-refractivity contribution < 1.29 is 4.79 Å². The molecule has 4 N–H and O–H groups in total. The number of aryl methyl sites for hydroxylation is 2. The van der Waals surface area contributed by atoms with Gasteiger partial charge in [-0.25, -0.2) is 4.99 Å². The zero-order valence-electron chi connectivity index (χ0n) is 16.1. The second-order valence-corrected chi connectivity index (χ2v) is 7.30. The number of rotatable bonds is 5. The summed E-state index contributed by atoms with van der Waals surface area (Å²) in [6, 6.07) is 13.9. The van der Waals surface area contributed by atoms with Gasteiger partial charge in [0.2, 0.25) is 5.91 Å². The van der Waals surface area contributed by atoms with Gasteiger partial charge in [0.25, 0.3) is 0 Å². The lowest BCUT2D eigenvalue weighted by molar-refractivity contribution is -0.119. The first-order chi connectivity index (χ1) is 13.0. The molecule has 0 aliphatic heterocycles. The Kier molecular flexibility index (Phi) is 6.12. The first-order valence-electron chi connectivity index (χ1n) is 9.55. The molecule has 3 rings (SSSR count). The Bertz CT molecular complexity index is 838. The Morgan fingerprint density at radius 3 is 2.52 bits per heavy atom. The fraction of sp³-hybridized carbons (Fsp3) is 0.364. The van der Waals surface area contributed by atoms with Crippen LogP contribution in [0, 0.1) is 19.8 Å². The topological polar surface area (TPSA) is 79.5 Å². The van der Waals surface area contributed by atoms with Crippen molar-refractivity contribution >= 4 is 23.2 Å². The molecule has 0 spiro atoms. The first-order valence-corrected chi connectivity index (χ1v) is 9.55. The lowest BCUT2D eigenvalue weighted by Crippen LogP contribution is -2.22. The van der Waals surface area contributed by atoms with E-state index < -0.39 is 0 Å². The minimum absolute atomic E-state index is 0.129. The van der Waals surface area contributed by atoms with Crippen molar-refractivity contribution in [3.8, 4) is 0 Å². The van der Waals surface area contributed by atoms with E-state index in [0.717, 1.165) is 42.6 Å². The van der Waals surface area contributed by atoms with Crippen LogP contribution in [0.3, 0.4) is 0 Å². The molecular weight excluding hydrogens is 336 g/mol. The summed E-state index contributed by atoms with van der Waals surface area (Å²) in [5, 5.41) is 6.15. The number of amides is 1. The molecule has 142 valence electrons. The molecule has 1 aliphatic carbocycles. The predicted octanol–water partition coefficient (Wildman–Crippen LogP) is 4.36. The number of anilines is 2. The molecule has 1 aliphatic rings. The molecule has 27 heavy (non-hydrogen) atoms. The Morgan fingerprint density at radius 1 is 1.04 bits per heavy atom. The highest BCUT2D eigenvalue weighted by atomic mass is 16.1. The third-order valence-electron chi connectivity index (χ3n) is 5.13. The highest BCUT2D eigenvalue weighted by Gasteiger charge is 2.22. The summed E-state index contributed by atoms with van der Waals surface area (Å²) in [5.74, 6) is 0.659. The summed E-state index contributed by atoms with van der Waals surface area (Å²) >= 11 is 0. The van der Waals surface area contributed by atoms with Crippen LogP contribution in [0.25, 0.3) is 0 Å². The Labute approximate surface area is 161 Å². The van der Waals surface area contributed by atoms with E-state index in [1.54, 1.807) is 0 Å². The number of carbonyl (C=O) groups excluding carboxylic acids is 1. The van der Waals surface area contributed by atoms with E-state index >= 15 is 0 Å². The maximum absolute atomic E-state index is 12.3. The molecule has 0 saturated heterocycles. The van der Waals surface area contributed by atoms with Crippen LogP contribution in [0.4, 0.5) is 11.4 Å². The summed E-state index contributed by atoms with van der Waals surface area (Å²) in [4.78, 5) is 16.7. The molecule has 0 unspecified atom stereocenters. The minimum Gasteiger partial charge on any atom is -0.370 e. The van der Waals surface area contributed by atoms with E-state index in [-0.39, 0.29) is 11.8 Å². The summed E-state index contributed by atoms with van der Waals surface area (Å²) < 4.78 is 0. The first kappa shape index (κ1) is 19.0. The molecule has 5 nitrogen and oxygen atoms in total. The van der Waals surface area contributed by atoms with Crippen LogP contribution in [0.2, 0.25) is 0 Å². The van der Waals surface area contributed by atoms with Gasteiger partial charge in [-0.2, -0.15) is 0 Å². The van der Waals surface area contributed by atoms with Crippen molar-refractivity contribution in [1.29, 1.82) is 0 Å². The highest BCUT2D eigenvalue weighted by molar-refractivity contribution is 5.93. The zero-order valence-corrected chi connectivity index (χ0v) is 16.1.